The van der Waals surface area contributed by atoms with Gasteiger partial charge in [-0.3, -0.25) is 0 Å². The third-order valence-corrected chi connectivity index (χ3v) is 4.58. The fourth-order valence-electron chi connectivity index (χ4n) is 3.94. The molecular weight excluding hydrogens is 266 g/mol. The van der Waals surface area contributed by atoms with Gasteiger partial charge in [0.05, 0.1) is 10.7 Å². The van der Waals surface area contributed by atoms with Gasteiger partial charge in [-0.15, -0.1) is 0 Å². The summed E-state index contributed by atoms with van der Waals surface area (Å²) in [6, 6.07) is 6.88. The summed E-state index contributed by atoms with van der Waals surface area (Å²) in [5.41, 5.74) is 3.10. The van der Waals surface area contributed by atoms with E-state index in [0.29, 0.717) is 11.5 Å². The highest BCUT2D eigenvalue weighted by Gasteiger charge is 2.39. The summed E-state index contributed by atoms with van der Waals surface area (Å²) in [6.45, 7) is 11.7. The molecule has 0 amide bonds. The van der Waals surface area contributed by atoms with E-state index in [1.165, 1.54) is 36.9 Å². The van der Waals surface area contributed by atoms with E-state index < -0.39 is 0 Å². The lowest BCUT2D eigenvalue weighted by molar-refractivity contribution is 0.239. The number of anilines is 1. The van der Waals surface area contributed by atoms with Gasteiger partial charge in [0, 0.05) is 6.04 Å². The molecule has 20 heavy (non-hydrogen) atoms. The SMILES string of the molecule is CCC[C@H]1C[C@](C)(CC(C)(C)C)c2cccc(Cl)c2N1. The zero-order chi connectivity index (χ0) is 15.0. The zero-order valence-electron chi connectivity index (χ0n) is 13.5. The van der Waals surface area contributed by atoms with E-state index in [4.69, 9.17) is 11.6 Å². The van der Waals surface area contributed by atoms with Crippen LogP contribution in [0.3, 0.4) is 0 Å². The van der Waals surface area contributed by atoms with E-state index in [1.807, 2.05) is 6.07 Å². The quantitative estimate of drug-likeness (QED) is 0.718. The van der Waals surface area contributed by atoms with Gasteiger partial charge in [-0.2, -0.15) is 0 Å². The van der Waals surface area contributed by atoms with E-state index in [0.717, 1.165) is 5.02 Å². The highest BCUT2D eigenvalue weighted by atomic mass is 35.5. The van der Waals surface area contributed by atoms with Crippen molar-refractivity contribution in [1.82, 2.24) is 0 Å². The van der Waals surface area contributed by atoms with Gasteiger partial charge in [-0.1, -0.05) is 64.8 Å². The summed E-state index contributed by atoms with van der Waals surface area (Å²) >= 11 is 6.44. The molecule has 0 unspecified atom stereocenters. The van der Waals surface area contributed by atoms with Crippen molar-refractivity contribution in [2.75, 3.05) is 5.32 Å². The average Bonchev–Trinajstić information content (AvgIpc) is 2.28. The number of para-hydroxylation sites is 1. The lowest BCUT2D eigenvalue weighted by Crippen LogP contribution is -2.40. The molecule has 2 atom stereocenters. The first-order valence-corrected chi connectivity index (χ1v) is 8.18. The summed E-state index contributed by atoms with van der Waals surface area (Å²) in [5, 5.41) is 4.54. The summed E-state index contributed by atoms with van der Waals surface area (Å²) in [4.78, 5) is 0. The van der Waals surface area contributed by atoms with Crippen LogP contribution in [0.5, 0.6) is 0 Å². The van der Waals surface area contributed by atoms with Gasteiger partial charge < -0.3 is 5.32 Å². The Morgan fingerprint density at radius 1 is 1.35 bits per heavy atom. The number of hydrogen-bond donors (Lipinski definition) is 1. The highest BCUT2D eigenvalue weighted by Crippen LogP contribution is 2.48. The summed E-state index contributed by atoms with van der Waals surface area (Å²) in [5.74, 6) is 0. The molecule has 0 spiro atoms. The number of fused-ring (bicyclic) bond motifs is 1. The number of benzene rings is 1. The number of halogens is 1. The zero-order valence-corrected chi connectivity index (χ0v) is 14.3. The Morgan fingerprint density at radius 3 is 2.65 bits per heavy atom. The number of nitrogens with one attached hydrogen (secondary N) is 1. The molecule has 0 fully saturated rings. The Balaban J connectivity index is 2.43. The molecule has 0 aromatic heterocycles. The maximum Gasteiger partial charge on any atom is 0.0640 e. The first-order chi connectivity index (χ1) is 9.25. The molecule has 1 heterocycles. The first kappa shape index (κ1) is 15.7. The van der Waals surface area contributed by atoms with E-state index >= 15 is 0 Å². The monoisotopic (exact) mass is 293 g/mol. The fraction of sp³-hybridized carbons (Fsp3) is 0.667. The van der Waals surface area contributed by atoms with Crippen LogP contribution >= 0.6 is 11.6 Å². The molecule has 0 bridgehead atoms. The standard InChI is InChI=1S/C18H28ClN/c1-6-8-13-11-18(5,12-17(2,3)4)14-9-7-10-15(19)16(14)20-13/h7,9-10,13,20H,6,8,11-12H2,1-5H3/t13-,18+/m0/s1. The largest absolute Gasteiger partial charge is 0.381 e. The van der Waals surface area contributed by atoms with Gasteiger partial charge in [0.1, 0.15) is 0 Å². The van der Waals surface area contributed by atoms with Gasteiger partial charge in [-0.05, 0) is 41.7 Å². The van der Waals surface area contributed by atoms with E-state index in [2.05, 4.69) is 52.1 Å². The lowest BCUT2D eigenvalue weighted by Gasteiger charge is -2.44. The topological polar surface area (TPSA) is 12.0 Å². The molecule has 0 saturated heterocycles. The third kappa shape index (κ3) is 3.31. The number of hydrogen-bond acceptors (Lipinski definition) is 1. The van der Waals surface area contributed by atoms with Crippen molar-refractivity contribution in [3.8, 4) is 0 Å². The van der Waals surface area contributed by atoms with E-state index in [1.54, 1.807) is 0 Å². The molecule has 1 aromatic rings. The highest BCUT2D eigenvalue weighted by molar-refractivity contribution is 6.33. The van der Waals surface area contributed by atoms with Crippen LogP contribution in [-0.4, -0.2) is 6.04 Å². The van der Waals surface area contributed by atoms with Gasteiger partial charge in [-0.25, -0.2) is 0 Å². The second-order valence-corrected chi connectivity index (χ2v) is 8.20. The van der Waals surface area contributed by atoms with Gasteiger partial charge in [0.2, 0.25) is 0 Å². The Hall–Kier alpha value is -0.690. The molecule has 1 aliphatic rings. The molecular formula is C18H28ClN. The molecule has 0 aliphatic carbocycles. The predicted molar refractivity (Wildman–Crippen MR) is 89.8 cm³/mol. The average molecular weight is 294 g/mol. The van der Waals surface area contributed by atoms with Crippen LogP contribution in [0.2, 0.25) is 5.02 Å². The van der Waals surface area contributed by atoms with Crippen LogP contribution in [0.1, 0.15) is 65.9 Å². The minimum atomic E-state index is 0.212. The molecule has 2 rings (SSSR count). The van der Waals surface area contributed by atoms with Crippen LogP contribution in [-0.2, 0) is 5.41 Å². The van der Waals surface area contributed by atoms with Gasteiger partial charge in [0.25, 0.3) is 0 Å². The summed E-state index contributed by atoms with van der Waals surface area (Å²) in [6.07, 6.45) is 4.81. The molecule has 112 valence electrons. The molecule has 1 aromatic carbocycles. The predicted octanol–water partition coefficient (Wildman–Crippen LogP) is 6.02. The van der Waals surface area contributed by atoms with Crippen molar-refractivity contribution in [2.45, 2.75) is 71.8 Å². The molecule has 2 heteroatoms. The van der Waals surface area contributed by atoms with Crippen molar-refractivity contribution in [3.05, 3.63) is 28.8 Å². The Kier molecular flexibility index (Phi) is 4.39. The van der Waals surface area contributed by atoms with E-state index in [9.17, 15) is 0 Å². The normalized spacial score (nSPS) is 26.0. The molecule has 0 radical (unpaired) electrons. The van der Waals surface area contributed by atoms with Gasteiger partial charge in [0.15, 0.2) is 0 Å². The Morgan fingerprint density at radius 2 is 2.05 bits per heavy atom. The van der Waals surface area contributed by atoms with Crippen LogP contribution < -0.4 is 5.32 Å². The van der Waals surface area contributed by atoms with Crippen molar-refractivity contribution in [3.63, 3.8) is 0 Å². The lowest BCUT2D eigenvalue weighted by atomic mass is 9.65. The number of rotatable bonds is 3. The van der Waals surface area contributed by atoms with Crippen molar-refractivity contribution in [1.29, 1.82) is 0 Å². The van der Waals surface area contributed by atoms with E-state index in [-0.39, 0.29) is 5.41 Å². The molecule has 0 saturated carbocycles. The molecule has 1 N–H and O–H groups in total. The molecule has 1 aliphatic heterocycles. The maximum absolute atomic E-state index is 6.44. The Bertz CT molecular complexity index is 475. The van der Waals surface area contributed by atoms with Crippen LogP contribution in [0, 0.1) is 5.41 Å². The minimum absolute atomic E-state index is 0.212. The second-order valence-electron chi connectivity index (χ2n) is 7.79. The van der Waals surface area contributed by atoms with Crippen molar-refractivity contribution < 1.29 is 0 Å². The minimum Gasteiger partial charge on any atom is -0.381 e. The van der Waals surface area contributed by atoms with Gasteiger partial charge >= 0.3 is 0 Å². The summed E-state index contributed by atoms with van der Waals surface area (Å²) in [7, 11) is 0. The molecule has 1 nitrogen and oxygen atoms in total. The first-order valence-electron chi connectivity index (χ1n) is 7.81. The fourth-order valence-corrected chi connectivity index (χ4v) is 4.17. The third-order valence-electron chi connectivity index (χ3n) is 4.27. The van der Waals surface area contributed by atoms with Crippen LogP contribution in [0.4, 0.5) is 5.69 Å². The van der Waals surface area contributed by atoms with Crippen LogP contribution in [0.25, 0.3) is 0 Å². The summed E-state index contributed by atoms with van der Waals surface area (Å²) < 4.78 is 0. The van der Waals surface area contributed by atoms with Crippen molar-refractivity contribution in [2.24, 2.45) is 5.41 Å². The second kappa shape index (κ2) is 5.60. The Labute approximate surface area is 129 Å². The van der Waals surface area contributed by atoms with Crippen LogP contribution in [0.15, 0.2) is 18.2 Å². The van der Waals surface area contributed by atoms with Crippen molar-refractivity contribution >= 4 is 17.3 Å². The maximum atomic E-state index is 6.44. The smallest absolute Gasteiger partial charge is 0.0640 e.